The summed E-state index contributed by atoms with van der Waals surface area (Å²) in [5.41, 5.74) is 4.52. The maximum absolute atomic E-state index is 4.66. The van der Waals surface area contributed by atoms with Crippen molar-refractivity contribution in [3.63, 3.8) is 0 Å². The predicted molar refractivity (Wildman–Crippen MR) is 98.6 cm³/mol. The molecule has 0 saturated heterocycles. The van der Waals surface area contributed by atoms with E-state index in [4.69, 9.17) is 0 Å². The number of hydrogen-bond acceptors (Lipinski definition) is 2. The van der Waals surface area contributed by atoms with E-state index in [0.29, 0.717) is 0 Å². The van der Waals surface area contributed by atoms with Crippen LogP contribution in [-0.2, 0) is 17.7 Å². The molecule has 0 amide bonds. The first-order valence-corrected chi connectivity index (χ1v) is 10.4. The van der Waals surface area contributed by atoms with Crippen LogP contribution in [0.1, 0.15) is 0 Å². The molecular formula is C22H16IrN2. The molecule has 0 unspecified atom stereocenters. The molecule has 0 aliphatic carbocycles. The average Bonchev–Trinajstić information content (AvgIpc) is 2.70. The molecular weight excluding hydrogens is 484 g/mol. The summed E-state index contributed by atoms with van der Waals surface area (Å²) in [5.74, 6) is 0. The molecule has 0 aliphatic heterocycles. The van der Waals surface area contributed by atoms with Gasteiger partial charge < -0.3 is 0 Å². The summed E-state index contributed by atoms with van der Waals surface area (Å²) in [6.45, 7) is 0. The Labute approximate surface area is 155 Å². The molecule has 0 saturated carbocycles. The molecule has 2 heterocycles. The predicted octanol–water partition coefficient (Wildman–Crippen LogP) is 3.84. The Kier molecular flexibility index (Phi) is 4.78. The standard InChI is InChI=1S/2C11H8N.Ir/c2*1-2-6-10(7-3-1)11-8-4-5-9-12-11;/h2*1-7,9H;. The Hall–Kier alpha value is -2.61. The molecule has 0 aliphatic rings. The Balaban J connectivity index is 1.76. The van der Waals surface area contributed by atoms with Crippen molar-refractivity contribution in [2.75, 3.05) is 0 Å². The fourth-order valence-corrected chi connectivity index (χ4v) is 5.72. The van der Waals surface area contributed by atoms with E-state index in [1.807, 2.05) is 36.7 Å². The molecule has 0 bridgehead atoms. The van der Waals surface area contributed by atoms with E-state index in [2.05, 4.69) is 70.6 Å². The van der Waals surface area contributed by atoms with E-state index in [1.54, 1.807) is 0 Å². The first-order chi connectivity index (χ1) is 12.4. The van der Waals surface area contributed by atoms with Crippen LogP contribution in [0.25, 0.3) is 22.5 Å². The molecule has 2 aromatic carbocycles. The van der Waals surface area contributed by atoms with E-state index in [9.17, 15) is 0 Å². The summed E-state index contributed by atoms with van der Waals surface area (Å²) >= 11 is -0.554. The summed E-state index contributed by atoms with van der Waals surface area (Å²) in [6.07, 6.45) is 3.75. The third kappa shape index (κ3) is 3.58. The minimum absolute atomic E-state index is 0.554. The normalized spacial score (nSPS) is 10.7. The number of pyridine rings is 2. The van der Waals surface area contributed by atoms with Crippen molar-refractivity contribution in [3.05, 3.63) is 97.3 Å². The van der Waals surface area contributed by atoms with Gasteiger partial charge in [0.05, 0.1) is 0 Å². The molecule has 0 radical (unpaired) electrons. The number of hydrogen-bond donors (Lipinski definition) is 0. The van der Waals surface area contributed by atoms with Gasteiger partial charge in [-0.2, -0.15) is 0 Å². The molecule has 4 aromatic rings. The third-order valence-corrected chi connectivity index (χ3v) is 6.98. The van der Waals surface area contributed by atoms with Crippen molar-refractivity contribution in [1.82, 2.24) is 9.97 Å². The fourth-order valence-electron chi connectivity index (χ4n) is 2.59. The minimum atomic E-state index is -0.554. The van der Waals surface area contributed by atoms with Crippen molar-refractivity contribution < 1.29 is 17.7 Å². The zero-order valence-corrected chi connectivity index (χ0v) is 15.9. The van der Waals surface area contributed by atoms with Crippen LogP contribution in [-0.4, -0.2) is 9.97 Å². The van der Waals surface area contributed by atoms with E-state index < -0.39 is 17.7 Å². The van der Waals surface area contributed by atoms with E-state index in [0.717, 1.165) is 11.4 Å². The second kappa shape index (κ2) is 7.52. The number of aromatic nitrogens is 2. The van der Waals surface area contributed by atoms with Crippen molar-refractivity contribution in [2.45, 2.75) is 0 Å². The molecule has 0 spiro atoms. The van der Waals surface area contributed by atoms with Crippen LogP contribution < -0.4 is 8.15 Å². The summed E-state index contributed by atoms with van der Waals surface area (Å²) in [5, 5.41) is 0. The number of nitrogens with zero attached hydrogens (tertiary/aromatic N) is 2. The monoisotopic (exact) mass is 501 g/mol. The van der Waals surface area contributed by atoms with Crippen LogP contribution in [0, 0.1) is 0 Å². The van der Waals surface area contributed by atoms with Crippen molar-refractivity contribution >= 4 is 8.15 Å². The zero-order chi connectivity index (χ0) is 16.9. The van der Waals surface area contributed by atoms with Gasteiger partial charge in [0.1, 0.15) is 0 Å². The van der Waals surface area contributed by atoms with Gasteiger partial charge in [0.15, 0.2) is 0 Å². The maximum atomic E-state index is 4.66. The molecule has 0 atom stereocenters. The van der Waals surface area contributed by atoms with Gasteiger partial charge in [0, 0.05) is 0 Å². The molecule has 3 heteroatoms. The second-order valence-corrected chi connectivity index (χ2v) is 8.61. The van der Waals surface area contributed by atoms with Crippen molar-refractivity contribution in [2.24, 2.45) is 0 Å². The Morgan fingerprint density at radius 2 is 0.920 bits per heavy atom. The Morgan fingerprint density at radius 3 is 1.36 bits per heavy atom. The number of benzene rings is 2. The quantitative estimate of drug-likeness (QED) is 0.426. The molecule has 2 aromatic heterocycles. The summed E-state index contributed by atoms with van der Waals surface area (Å²) in [4.78, 5) is 9.32. The van der Waals surface area contributed by atoms with Crippen molar-refractivity contribution in [3.8, 4) is 22.5 Å². The zero-order valence-electron chi connectivity index (χ0n) is 13.5. The summed E-state index contributed by atoms with van der Waals surface area (Å²) in [7, 11) is 0. The average molecular weight is 501 g/mol. The first kappa shape index (κ1) is 15.9. The molecule has 123 valence electrons. The molecule has 25 heavy (non-hydrogen) atoms. The number of rotatable bonds is 4. The Morgan fingerprint density at radius 1 is 0.480 bits per heavy atom. The van der Waals surface area contributed by atoms with E-state index in [1.165, 1.54) is 19.3 Å². The molecule has 4 rings (SSSR count). The van der Waals surface area contributed by atoms with Crippen LogP contribution in [0.15, 0.2) is 97.3 Å². The second-order valence-electron chi connectivity index (χ2n) is 5.43. The molecule has 0 fully saturated rings. The van der Waals surface area contributed by atoms with Gasteiger partial charge in [-0.25, -0.2) is 0 Å². The van der Waals surface area contributed by atoms with Crippen LogP contribution >= 0.6 is 0 Å². The van der Waals surface area contributed by atoms with Gasteiger partial charge in [-0.3, -0.25) is 0 Å². The van der Waals surface area contributed by atoms with Gasteiger partial charge in [-0.05, 0) is 0 Å². The topological polar surface area (TPSA) is 25.8 Å². The summed E-state index contributed by atoms with van der Waals surface area (Å²) < 4.78 is 2.66. The van der Waals surface area contributed by atoms with Crippen molar-refractivity contribution in [1.29, 1.82) is 0 Å². The molecule has 0 N–H and O–H groups in total. The Bertz CT molecular complexity index is 888. The molecule has 2 nitrogen and oxygen atoms in total. The van der Waals surface area contributed by atoms with E-state index >= 15 is 0 Å². The van der Waals surface area contributed by atoms with Crippen LogP contribution in [0.4, 0.5) is 0 Å². The van der Waals surface area contributed by atoms with Gasteiger partial charge in [0.25, 0.3) is 0 Å². The SMILES string of the molecule is c1ccc(-c2nccc[c]2[Ir][c]2cccnc2-c2ccccc2)cc1. The van der Waals surface area contributed by atoms with Gasteiger partial charge in [-0.1, -0.05) is 0 Å². The first-order valence-electron chi connectivity index (χ1n) is 8.03. The summed E-state index contributed by atoms with van der Waals surface area (Å²) in [6, 6.07) is 29.3. The van der Waals surface area contributed by atoms with Gasteiger partial charge in [-0.15, -0.1) is 0 Å². The van der Waals surface area contributed by atoms with E-state index in [-0.39, 0.29) is 0 Å². The van der Waals surface area contributed by atoms with Gasteiger partial charge in [0.2, 0.25) is 0 Å². The fraction of sp³-hybridized carbons (Fsp3) is 0. The van der Waals surface area contributed by atoms with Crippen LogP contribution in [0.5, 0.6) is 0 Å². The van der Waals surface area contributed by atoms with Crippen LogP contribution in [0.3, 0.4) is 0 Å². The van der Waals surface area contributed by atoms with Crippen LogP contribution in [0.2, 0.25) is 0 Å². The van der Waals surface area contributed by atoms with Gasteiger partial charge >= 0.3 is 156 Å². The third-order valence-electron chi connectivity index (χ3n) is 3.75.